The minimum Gasteiger partial charge on any atom is -0.315 e. The number of nitrogens with zero attached hydrogens (tertiary/aromatic N) is 1. The van der Waals surface area contributed by atoms with E-state index < -0.39 is 0 Å². The standard InChI is InChI=1S/C11H20N2O2/c1-2-7-12-8-9-13-10(14)5-3-4-6-11(13)15/h12H,2-9H2,1H3. The van der Waals surface area contributed by atoms with Crippen molar-refractivity contribution in [2.24, 2.45) is 0 Å². The van der Waals surface area contributed by atoms with Gasteiger partial charge in [-0.2, -0.15) is 0 Å². The molecule has 0 saturated carbocycles. The van der Waals surface area contributed by atoms with Crippen LogP contribution in [0, 0.1) is 0 Å². The number of rotatable bonds is 5. The summed E-state index contributed by atoms with van der Waals surface area (Å²) in [7, 11) is 0. The van der Waals surface area contributed by atoms with Crippen molar-refractivity contribution >= 4 is 11.8 Å². The van der Waals surface area contributed by atoms with Gasteiger partial charge >= 0.3 is 0 Å². The number of carbonyl (C=O) groups excluding carboxylic acids is 2. The van der Waals surface area contributed by atoms with Crippen LogP contribution in [-0.4, -0.2) is 36.3 Å². The van der Waals surface area contributed by atoms with Gasteiger partial charge < -0.3 is 5.32 Å². The van der Waals surface area contributed by atoms with E-state index in [0.717, 1.165) is 25.8 Å². The second kappa shape index (κ2) is 6.56. The minimum absolute atomic E-state index is 0.00389. The van der Waals surface area contributed by atoms with E-state index in [0.29, 0.717) is 25.9 Å². The van der Waals surface area contributed by atoms with Crippen molar-refractivity contribution in [1.82, 2.24) is 10.2 Å². The molecule has 15 heavy (non-hydrogen) atoms. The Balaban J connectivity index is 2.35. The molecule has 1 fully saturated rings. The van der Waals surface area contributed by atoms with Crippen LogP contribution in [0.1, 0.15) is 39.0 Å². The second-order valence-corrected chi connectivity index (χ2v) is 3.90. The summed E-state index contributed by atoms with van der Waals surface area (Å²) in [4.78, 5) is 24.5. The predicted octanol–water partition coefficient (Wildman–Crippen LogP) is 0.915. The number of nitrogens with one attached hydrogen (secondary N) is 1. The predicted molar refractivity (Wildman–Crippen MR) is 58.3 cm³/mol. The Morgan fingerprint density at radius 1 is 1.13 bits per heavy atom. The first-order chi connectivity index (χ1) is 7.25. The number of hydrogen-bond acceptors (Lipinski definition) is 3. The Morgan fingerprint density at radius 3 is 2.27 bits per heavy atom. The Morgan fingerprint density at radius 2 is 1.73 bits per heavy atom. The van der Waals surface area contributed by atoms with Crippen LogP contribution in [0.15, 0.2) is 0 Å². The SMILES string of the molecule is CCCNCCN1C(=O)CCCCC1=O. The third-order valence-electron chi connectivity index (χ3n) is 2.57. The van der Waals surface area contributed by atoms with Gasteiger partial charge in [0.15, 0.2) is 0 Å². The van der Waals surface area contributed by atoms with E-state index in [9.17, 15) is 9.59 Å². The summed E-state index contributed by atoms with van der Waals surface area (Å²) >= 11 is 0. The number of hydrogen-bond donors (Lipinski definition) is 1. The smallest absolute Gasteiger partial charge is 0.229 e. The highest BCUT2D eigenvalue weighted by atomic mass is 16.2. The molecule has 1 aliphatic rings. The third kappa shape index (κ3) is 4.00. The maximum absolute atomic E-state index is 11.6. The highest BCUT2D eigenvalue weighted by molar-refractivity contribution is 5.95. The van der Waals surface area contributed by atoms with Crippen molar-refractivity contribution in [3.63, 3.8) is 0 Å². The largest absolute Gasteiger partial charge is 0.315 e. The van der Waals surface area contributed by atoms with Crippen LogP contribution in [0.4, 0.5) is 0 Å². The van der Waals surface area contributed by atoms with Gasteiger partial charge in [-0.15, -0.1) is 0 Å². The zero-order chi connectivity index (χ0) is 11.1. The average molecular weight is 212 g/mol. The molecule has 4 heteroatoms. The lowest BCUT2D eigenvalue weighted by atomic mass is 10.2. The summed E-state index contributed by atoms with van der Waals surface area (Å²) in [6.07, 6.45) is 3.83. The first-order valence-corrected chi connectivity index (χ1v) is 5.79. The molecule has 1 aliphatic heterocycles. The van der Waals surface area contributed by atoms with E-state index in [2.05, 4.69) is 12.2 Å². The van der Waals surface area contributed by atoms with E-state index in [1.165, 1.54) is 4.90 Å². The molecule has 0 spiro atoms. The van der Waals surface area contributed by atoms with Gasteiger partial charge in [-0.3, -0.25) is 14.5 Å². The number of likely N-dealkylation sites (tertiary alicyclic amines) is 1. The van der Waals surface area contributed by atoms with Gasteiger partial charge in [0.1, 0.15) is 0 Å². The molecule has 1 saturated heterocycles. The van der Waals surface area contributed by atoms with Crippen molar-refractivity contribution in [2.75, 3.05) is 19.6 Å². The average Bonchev–Trinajstić information content (AvgIpc) is 2.37. The Bertz CT molecular complexity index is 211. The Labute approximate surface area is 91.0 Å². The molecular formula is C11H20N2O2. The fourth-order valence-corrected chi connectivity index (χ4v) is 1.70. The quantitative estimate of drug-likeness (QED) is 0.544. The lowest BCUT2D eigenvalue weighted by Gasteiger charge is -2.18. The summed E-state index contributed by atoms with van der Waals surface area (Å²) < 4.78 is 0. The van der Waals surface area contributed by atoms with Gasteiger partial charge in [-0.1, -0.05) is 6.92 Å². The molecule has 0 aromatic carbocycles. The molecular weight excluding hydrogens is 192 g/mol. The summed E-state index contributed by atoms with van der Waals surface area (Å²) in [5.41, 5.74) is 0. The molecule has 86 valence electrons. The normalized spacial score (nSPS) is 18.1. The second-order valence-electron chi connectivity index (χ2n) is 3.90. The van der Waals surface area contributed by atoms with Gasteiger partial charge in [-0.25, -0.2) is 0 Å². The zero-order valence-corrected chi connectivity index (χ0v) is 9.42. The van der Waals surface area contributed by atoms with Crippen molar-refractivity contribution in [1.29, 1.82) is 0 Å². The number of carbonyl (C=O) groups is 2. The Kier molecular flexibility index (Phi) is 5.32. The molecule has 1 rings (SSSR count). The fourth-order valence-electron chi connectivity index (χ4n) is 1.70. The summed E-state index contributed by atoms with van der Waals surface area (Å²) in [6, 6.07) is 0. The van der Waals surface area contributed by atoms with Crippen LogP contribution in [-0.2, 0) is 9.59 Å². The first-order valence-electron chi connectivity index (χ1n) is 5.79. The monoisotopic (exact) mass is 212 g/mol. The van der Waals surface area contributed by atoms with Crippen molar-refractivity contribution < 1.29 is 9.59 Å². The lowest BCUT2D eigenvalue weighted by molar-refractivity contribution is -0.143. The molecule has 0 aromatic heterocycles. The van der Waals surface area contributed by atoms with E-state index >= 15 is 0 Å². The van der Waals surface area contributed by atoms with Crippen LogP contribution in [0.2, 0.25) is 0 Å². The number of amides is 2. The summed E-state index contributed by atoms with van der Waals surface area (Å²) in [5, 5.41) is 3.20. The highest BCUT2D eigenvalue weighted by Crippen LogP contribution is 2.11. The van der Waals surface area contributed by atoms with Crippen LogP contribution < -0.4 is 5.32 Å². The molecule has 0 aromatic rings. The molecule has 0 atom stereocenters. The van der Waals surface area contributed by atoms with Crippen LogP contribution in [0.3, 0.4) is 0 Å². The number of imide groups is 1. The Hall–Kier alpha value is -0.900. The first kappa shape index (κ1) is 12.2. The van der Waals surface area contributed by atoms with Gasteiger partial charge in [-0.05, 0) is 25.8 Å². The fraction of sp³-hybridized carbons (Fsp3) is 0.818. The third-order valence-corrected chi connectivity index (χ3v) is 2.57. The van der Waals surface area contributed by atoms with Gasteiger partial charge in [0.25, 0.3) is 0 Å². The van der Waals surface area contributed by atoms with Crippen LogP contribution >= 0.6 is 0 Å². The van der Waals surface area contributed by atoms with Crippen LogP contribution in [0.5, 0.6) is 0 Å². The van der Waals surface area contributed by atoms with Crippen molar-refractivity contribution in [3.8, 4) is 0 Å². The minimum atomic E-state index is -0.00389. The van der Waals surface area contributed by atoms with Crippen molar-refractivity contribution in [2.45, 2.75) is 39.0 Å². The highest BCUT2D eigenvalue weighted by Gasteiger charge is 2.22. The molecule has 0 aliphatic carbocycles. The molecule has 1 N–H and O–H groups in total. The van der Waals surface area contributed by atoms with Gasteiger partial charge in [0.05, 0.1) is 0 Å². The molecule has 1 heterocycles. The zero-order valence-electron chi connectivity index (χ0n) is 9.42. The maximum atomic E-state index is 11.6. The van der Waals surface area contributed by atoms with Crippen molar-refractivity contribution in [3.05, 3.63) is 0 Å². The summed E-state index contributed by atoms with van der Waals surface area (Å²) in [6.45, 7) is 4.27. The van der Waals surface area contributed by atoms with E-state index in [-0.39, 0.29) is 11.8 Å². The van der Waals surface area contributed by atoms with Crippen LogP contribution in [0.25, 0.3) is 0 Å². The molecule has 2 amide bonds. The molecule has 0 unspecified atom stereocenters. The van der Waals surface area contributed by atoms with Gasteiger partial charge in [0, 0.05) is 25.9 Å². The summed E-state index contributed by atoms with van der Waals surface area (Å²) in [5.74, 6) is -0.00778. The lowest BCUT2D eigenvalue weighted by Crippen LogP contribution is -2.40. The van der Waals surface area contributed by atoms with E-state index in [1.54, 1.807) is 0 Å². The maximum Gasteiger partial charge on any atom is 0.229 e. The molecule has 0 radical (unpaired) electrons. The van der Waals surface area contributed by atoms with E-state index in [1.807, 2.05) is 0 Å². The topological polar surface area (TPSA) is 49.4 Å². The molecule has 0 bridgehead atoms. The van der Waals surface area contributed by atoms with Gasteiger partial charge in [0.2, 0.25) is 11.8 Å². The molecule has 4 nitrogen and oxygen atoms in total. The van der Waals surface area contributed by atoms with E-state index in [4.69, 9.17) is 0 Å².